The molecule has 0 amide bonds. The first-order valence-corrected chi connectivity index (χ1v) is 6.42. The van der Waals surface area contributed by atoms with Gasteiger partial charge in [0.15, 0.2) is 0 Å². The summed E-state index contributed by atoms with van der Waals surface area (Å²) < 4.78 is 6.75. The lowest BCUT2D eigenvalue weighted by molar-refractivity contribution is 0.0900. The Kier molecular flexibility index (Phi) is 3.27. The molecule has 0 aromatic carbocycles. The van der Waals surface area contributed by atoms with Gasteiger partial charge < -0.3 is 10.5 Å². The minimum Gasteiger partial charge on any atom is -0.376 e. The zero-order valence-corrected chi connectivity index (χ0v) is 10.5. The van der Waals surface area contributed by atoms with Crippen molar-refractivity contribution in [3.63, 3.8) is 0 Å². The molecule has 2 unspecified atom stereocenters. The quantitative estimate of drug-likeness (QED) is 0.901. The summed E-state index contributed by atoms with van der Waals surface area (Å²) in [4.78, 5) is 1.29. The van der Waals surface area contributed by atoms with E-state index in [1.165, 1.54) is 10.4 Å². The van der Waals surface area contributed by atoms with Gasteiger partial charge in [0.1, 0.15) is 0 Å². The van der Waals surface area contributed by atoms with Crippen molar-refractivity contribution in [1.29, 1.82) is 0 Å². The smallest absolute Gasteiger partial charge is 0.0768 e. The maximum Gasteiger partial charge on any atom is 0.0768 e. The number of nitrogens with two attached hydrogens (primary N) is 1. The van der Waals surface area contributed by atoms with Crippen molar-refractivity contribution in [3.8, 4) is 0 Å². The van der Waals surface area contributed by atoms with Crippen LogP contribution in [0.1, 0.15) is 29.3 Å². The monoisotopic (exact) mass is 275 g/mol. The van der Waals surface area contributed by atoms with Gasteiger partial charge in [0, 0.05) is 11.5 Å². The van der Waals surface area contributed by atoms with Crippen LogP contribution in [0.2, 0.25) is 0 Å². The normalized spacial score (nSPS) is 24.1. The predicted octanol–water partition coefficient (Wildman–Crippen LogP) is 3.00. The third kappa shape index (κ3) is 2.03. The molecule has 2 heterocycles. The van der Waals surface area contributed by atoms with Crippen LogP contribution < -0.4 is 5.73 Å². The van der Waals surface area contributed by atoms with Crippen LogP contribution >= 0.6 is 27.3 Å². The summed E-state index contributed by atoms with van der Waals surface area (Å²) in [7, 11) is 0. The molecule has 2 atom stereocenters. The fourth-order valence-corrected chi connectivity index (χ4v) is 3.64. The van der Waals surface area contributed by atoms with Gasteiger partial charge in [0.05, 0.1) is 15.9 Å². The maximum absolute atomic E-state index is 6.18. The Morgan fingerprint density at radius 1 is 1.71 bits per heavy atom. The molecule has 78 valence electrons. The SMILES string of the molecule is Cc1sc(Br)cc1C(N)C1CCCO1. The Hall–Kier alpha value is 0.1000. The highest BCUT2D eigenvalue weighted by Crippen LogP contribution is 2.33. The van der Waals surface area contributed by atoms with Gasteiger partial charge in [-0.15, -0.1) is 11.3 Å². The van der Waals surface area contributed by atoms with Crippen LogP contribution in [0.5, 0.6) is 0 Å². The molecule has 2 nitrogen and oxygen atoms in total. The first-order valence-electron chi connectivity index (χ1n) is 4.81. The minimum atomic E-state index is 0.0417. The van der Waals surface area contributed by atoms with E-state index in [0.29, 0.717) is 0 Å². The van der Waals surface area contributed by atoms with E-state index in [1.54, 1.807) is 11.3 Å². The van der Waals surface area contributed by atoms with Crippen molar-refractivity contribution in [2.24, 2.45) is 5.73 Å². The Labute approximate surface area is 96.6 Å². The molecule has 14 heavy (non-hydrogen) atoms. The Bertz CT molecular complexity index is 320. The van der Waals surface area contributed by atoms with E-state index < -0.39 is 0 Å². The van der Waals surface area contributed by atoms with Gasteiger partial charge >= 0.3 is 0 Å². The zero-order valence-electron chi connectivity index (χ0n) is 8.13. The molecule has 1 aromatic heterocycles. The Morgan fingerprint density at radius 3 is 3.00 bits per heavy atom. The van der Waals surface area contributed by atoms with Crippen molar-refractivity contribution in [1.82, 2.24) is 0 Å². The fraction of sp³-hybridized carbons (Fsp3) is 0.600. The zero-order chi connectivity index (χ0) is 10.1. The summed E-state index contributed by atoms with van der Waals surface area (Å²) in [5, 5.41) is 0. The molecule has 1 aliphatic heterocycles. The van der Waals surface area contributed by atoms with Gasteiger partial charge in [0.2, 0.25) is 0 Å². The van der Waals surface area contributed by atoms with Crippen molar-refractivity contribution in [2.75, 3.05) is 6.61 Å². The van der Waals surface area contributed by atoms with E-state index in [9.17, 15) is 0 Å². The Morgan fingerprint density at radius 2 is 2.50 bits per heavy atom. The summed E-state index contributed by atoms with van der Waals surface area (Å²) in [6, 6.07) is 2.16. The summed E-state index contributed by atoms with van der Waals surface area (Å²) in [6.45, 7) is 2.97. The Balaban J connectivity index is 2.17. The van der Waals surface area contributed by atoms with Gasteiger partial charge in [0.25, 0.3) is 0 Å². The second-order valence-electron chi connectivity index (χ2n) is 3.64. The van der Waals surface area contributed by atoms with Crippen LogP contribution in [-0.4, -0.2) is 12.7 Å². The van der Waals surface area contributed by atoms with Crippen molar-refractivity contribution in [2.45, 2.75) is 31.9 Å². The third-order valence-corrected chi connectivity index (χ3v) is 4.22. The topological polar surface area (TPSA) is 35.2 Å². The van der Waals surface area contributed by atoms with Crippen LogP contribution in [0, 0.1) is 6.92 Å². The van der Waals surface area contributed by atoms with Crippen LogP contribution in [0.3, 0.4) is 0 Å². The highest BCUT2D eigenvalue weighted by atomic mass is 79.9. The standard InChI is InChI=1S/C10H14BrNOS/c1-6-7(5-9(11)14-6)10(12)8-3-2-4-13-8/h5,8,10H,2-4,12H2,1H3. The number of ether oxygens (including phenoxy) is 1. The van der Waals surface area contributed by atoms with Crippen molar-refractivity contribution in [3.05, 3.63) is 20.3 Å². The number of hydrogen-bond acceptors (Lipinski definition) is 3. The van der Waals surface area contributed by atoms with Crippen molar-refractivity contribution >= 4 is 27.3 Å². The summed E-state index contributed by atoms with van der Waals surface area (Å²) in [6.07, 6.45) is 2.45. The fourth-order valence-electron chi connectivity index (χ4n) is 1.88. The summed E-state index contributed by atoms with van der Waals surface area (Å²) in [5.74, 6) is 0. The molecule has 1 saturated heterocycles. The molecule has 0 saturated carbocycles. The molecule has 0 spiro atoms. The van der Waals surface area contributed by atoms with Gasteiger partial charge in [-0.05, 0) is 47.3 Å². The number of aryl methyl sites for hydroxylation is 1. The van der Waals surface area contributed by atoms with Gasteiger partial charge in [-0.25, -0.2) is 0 Å². The van der Waals surface area contributed by atoms with Crippen LogP contribution in [0.25, 0.3) is 0 Å². The lowest BCUT2D eigenvalue weighted by atomic mass is 10.0. The van der Waals surface area contributed by atoms with Crippen LogP contribution in [-0.2, 0) is 4.74 Å². The van der Waals surface area contributed by atoms with E-state index in [0.717, 1.165) is 23.2 Å². The highest BCUT2D eigenvalue weighted by Gasteiger charge is 2.26. The highest BCUT2D eigenvalue weighted by molar-refractivity contribution is 9.11. The molecule has 2 N–H and O–H groups in total. The van der Waals surface area contributed by atoms with E-state index in [2.05, 4.69) is 28.9 Å². The molecule has 0 bridgehead atoms. The molecular formula is C10H14BrNOS. The van der Waals surface area contributed by atoms with E-state index >= 15 is 0 Å². The predicted molar refractivity (Wildman–Crippen MR) is 62.7 cm³/mol. The molecular weight excluding hydrogens is 262 g/mol. The van der Waals surface area contributed by atoms with Crippen molar-refractivity contribution < 1.29 is 4.74 Å². The third-order valence-electron chi connectivity index (χ3n) is 2.65. The second-order valence-corrected chi connectivity index (χ2v) is 6.27. The second kappa shape index (κ2) is 4.31. The molecule has 4 heteroatoms. The minimum absolute atomic E-state index is 0.0417. The van der Waals surface area contributed by atoms with Gasteiger partial charge in [-0.1, -0.05) is 0 Å². The summed E-state index contributed by atoms with van der Waals surface area (Å²) >= 11 is 5.22. The lowest BCUT2D eigenvalue weighted by Gasteiger charge is -2.18. The first kappa shape index (κ1) is 10.6. The van der Waals surface area contributed by atoms with E-state index in [-0.39, 0.29) is 12.1 Å². The molecule has 0 aliphatic carbocycles. The van der Waals surface area contributed by atoms with E-state index in [4.69, 9.17) is 10.5 Å². The molecule has 1 fully saturated rings. The average molecular weight is 276 g/mol. The van der Waals surface area contributed by atoms with Gasteiger partial charge in [-0.3, -0.25) is 0 Å². The van der Waals surface area contributed by atoms with E-state index in [1.807, 2.05) is 0 Å². The largest absolute Gasteiger partial charge is 0.376 e. The maximum atomic E-state index is 6.18. The molecule has 0 radical (unpaired) electrons. The molecule has 1 aliphatic rings. The van der Waals surface area contributed by atoms with Crippen LogP contribution in [0.4, 0.5) is 0 Å². The first-order chi connectivity index (χ1) is 6.68. The number of rotatable bonds is 2. The van der Waals surface area contributed by atoms with Crippen LogP contribution in [0.15, 0.2) is 9.85 Å². The number of halogens is 1. The number of hydrogen-bond donors (Lipinski definition) is 1. The number of thiophene rings is 1. The molecule has 1 aromatic rings. The lowest BCUT2D eigenvalue weighted by Crippen LogP contribution is -2.25. The molecule has 2 rings (SSSR count). The van der Waals surface area contributed by atoms with Gasteiger partial charge in [-0.2, -0.15) is 0 Å². The average Bonchev–Trinajstić information content (AvgIpc) is 2.73. The summed E-state index contributed by atoms with van der Waals surface area (Å²) in [5.41, 5.74) is 7.41.